The number of nitrogens with zero attached hydrogens (tertiary/aromatic N) is 3. The Bertz CT molecular complexity index is 1390. The van der Waals surface area contributed by atoms with Gasteiger partial charge in [-0.1, -0.05) is 24.6 Å². The molecule has 4 rings (SSSR count). The highest BCUT2D eigenvalue weighted by atomic mass is 35.5. The first-order chi connectivity index (χ1) is 18.6. The normalized spacial score (nSPS) is 18.6. The fourth-order valence-electron chi connectivity index (χ4n) is 4.53. The van der Waals surface area contributed by atoms with E-state index in [1.807, 2.05) is 26.1 Å². The number of hydrogen-bond donors (Lipinski definition) is 2. The van der Waals surface area contributed by atoms with E-state index >= 15 is 0 Å². The minimum atomic E-state index is -4.00. The molecule has 39 heavy (non-hydrogen) atoms. The standard InChI is InChI=1S/C28H33ClN4O5S/c1-19-15-33(20(2)18-34)28(35)24-5-4-6-25(31-39(36,37)23-9-7-22(29)8-10-23)27(24)38-26(19)17-32(3)16-21-11-13-30-14-12-21/h4-14,19-20,26,31,34H,15-18H2,1-3H3/t19-,20+,26+/m0/s1. The van der Waals surface area contributed by atoms with E-state index in [0.29, 0.717) is 24.7 Å². The lowest BCUT2D eigenvalue weighted by Gasteiger charge is -2.38. The van der Waals surface area contributed by atoms with Crippen molar-refractivity contribution in [3.63, 3.8) is 0 Å². The number of ether oxygens (including phenoxy) is 1. The lowest BCUT2D eigenvalue weighted by atomic mass is 9.99. The van der Waals surface area contributed by atoms with Crippen LogP contribution in [0.1, 0.15) is 29.8 Å². The second-order valence-electron chi connectivity index (χ2n) is 9.92. The van der Waals surface area contributed by atoms with E-state index in [4.69, 9.17) is 16.3 Å². The largest absolute Gasteiger partial charge is 0.486 e. The second-order valence-corrected chi connectivity index (χ2v) is 12.0. The molecule has 0 saturated heterocycles. The number of aliphatic hydroxyl groups is 1. The number of benzene rings is 2. The molecule has 1 amide bonds. The molecule has 0 spiro atoms. The SMILES string of the molecule is C[C@H](CO)N1C[C@H](C)[C@@H](CN(C)Cc2ccncc2)Oc2c(NS(=O)(=O)c3ccc(Cl)cc3)cccc2C1=O. The van der Waals surface area contributed by atoms with Crippen LogP contribution < -0.4 is 9.46 Å². The molecule has 0 fully saturated rings. The smallest absolute Gasteiger partial charge is 0.262 e. The Labute approximate surface area is 234 Å². The molecule has 0 saturated carbocycles. The van der Waals surface area contributed by atoms with Crippen LogP contribution in [-0.4, -0.2) is 73.1 Å². The molecule has 2 heterocycles. The lowest BCUT2D eigenvalue weighted by Crippen LogP contribution is -2.49. The number of carbonyl (C=O) groups is 1. The average Bonchev–Trinajstić information content (AvgIpc) is 2.91. The number of pyridine rings is 1. The Balaban J connectivity index is 1.71. The molecule has 1 aliphatic heterocycles. The molecule has 2 aromatic carbocycles. The van der Waals surface area contributed by atoms with Crippen LogP contribution in [-0.2, 0) is 16.6 Å². The predicted molar refractivity (Wildman–Crippen MR) is 150 cm³/mol. The zero-order chi connectivity index (χ0) is 28.2. The summed E-state index contributed by atoms with van der Waals surface area (Å²) in [5.74, 6) is -0.310. The van der Waals surface area contributed by atoms with Gasteiger partial charge in [-0.15, -0.1) is 0 Å². The lowest BCUT2D eigenvalue weighted by molar-refractivity contribution is 0.0344. The van der Waals surface area contributed by atoms with Crippen molar-refractivity contribution in [3.8, 4) is 5.75 Å². The maximum Gasteiger partial charge on any atom is 0.262 e. The number of rotatable bonds is 9. The molecule has 0 aliphatic carbocycles. The Morgan fingerprint density at radius 2 is 1.87 bits per heavy atom. The van der Waals surface area contributed by atoms with Crippen LogP contribution in [0.4, 0.5) is 5.69 Å². The number of aromatic nitrogens is 1. The van der Waals surface area contributed by atoms with Gasteiger partial charge in [0.25, 0.3) is 15.9 Å². The van der Waals surface area contributed by atoms with Crippen molar-refractivity contribution in [2.45, 2.75) is 37.4 Å². The van der Waals surface area contributed by atoms with Gasteiger partial charge in [-0.3, -0.25) is 19.4 Å². The van der Waals surface area contributed by atoms with E-state index in [1.54, 1.807) is 42.4 Å². The molecule has 0 bridgehead atoms. The topological polar surface area (TPSA) is 112 Å². The van der Waals surface area contributed by atoms with Gasteiger partial charge in [0.15, 0.2) is 5.75 Å². The van der Waals surface area contributed by atoms with Crippen molar-refractivity contribution >= 4 is 33.2 Å². The molecule has 1 aliphatic rings. The number of anilines is 1. The summed E-state index contributed by atoms with van der Waals surface area (Å²) < 4.78 is 35.6. The van der Waals surface area contributed by atoms with Crippen molar-refractivity contribution in [2.75, 3.05) is 31.5 Å². The molecule has 3 aromatic rings. The monoisotopic (exact) mass is 572 g/mol. The average molecular weight is 573 g/mol. The van der Waals surface area contributed by atoms with Gasteiger partial charge in [0, 0.05) is 43.0 Å². The Kier molecular flexibility index (Phi) is 9.12. The highest BCUT2D eigenvalue weighted by Gasteiger charge is 2.35. The zero-order valence-corrected chi connectivity index (χ0v) is 23.7. The third-order valence-electron chi connectivity index (χ3n) is 6.75. The van der Waals surface area contributed by atoms with E-state index in [9.17, 15) is 18.3 Å². The van der Waals surface area contributed by atoms with Crippen LogP contribution in [0.5, 0.6) is 5.75 Å². The summed E-state index contributed by atoms with van der Waals surface area (Å²) in [5, 5.41) is 10.3. The van der Waals surface area contributed by atoms with Crippen LogP contribution >= 0.6 is 11.6 Å². The van der Waals surface area contributed by atoms with Crippen LogP contribution in [0, 0.1) is 5.92 Å². The highest BCUT2D eigenvalue weighted by molar-refractivity contribution is 7.92. The van der Waals surface area contributed by atoms with Crippen molar-refractivity contribution in [3.05, 3.63) is 83.1 Å². The number of sulfonamides is 1. The summed E-state index contributed by atoms with van der Waals surface area (Å²) in [5.41, 5.74) is 1.47. The van der Waals surface area contributed by atoms with Crippen molar-refractivity contribution < 1.29 is 23.1 Å². The summed E-state index contributed by atoms with van der Waals surface area (Å²) in [7, 11) is -2.02. The van der Waals surface area contributed by atoms with Crippen molar-refractivity contribution in [1.29, 1.82) is 0 Å². The van der Waals surface area contributed by atoms with Gasteiger partial charge in [-0.05, 0) is 68.1 Å². The molecular formula is C28H33ClN4O5S. The molecule has 11 heteroatoms. The van der Waals surface area contributed by atoms with Gasteiger partial charge in [0.1, 0.15) is 6.10 Å². The van der Waals surface area contributed by atoms with Crippen molar-refractivity contribution in [1.82, 2.24) is 14.8 Å². The van der Waals surface area contributed by atoms with E-state index < -0.39 is 22.2 Å². The van der Waals surface area contributed by atoms with Crippen LogP contribution in [0.3, 0.4) is 0 Å². The zero-order valence-electron chi connectivity index (χ0n) is 22.1. The van der Waals surface area contributed by atoms with Crippen LogP contribution in [0.25, 0.3) is 0 Å². The van der Waals surface area contributed by atoms with Crippen molar-refractivity contribution in [2.24, 2.45) is 5.92 Å². The number of nitrogens with one attached hydrogen (secondary N) is 1. The van der Waals surface area contributed by atoms with Crippen LogP contribution in [0.2, 0.25) is 5.02 Å². The first kappa shape index (κ1) is 28.8. The Morgan fingerprint density at radius 3 is 2.54 bits per heavy atom. The third-order valence-corrected chi connectivity index (χ3v) is 8.39. The summed E-state index contributed by atoms with van der Waals surface area (Å²) in [4.78, 5) is 21.5. The van der Waals surface area contributed by atoms with Gasteiger partial charge in [0.2, 0.25) is 0 Å². The molecular weight excluding hydrogens is 540 g/mol. The van der Waals surface area contributed by atoms with E-state index in [1.165, 1.54) is 24.3 Å². The fraction of sp³-hybridized carbons (Fsp3) is 0.357. The van der Waals surface area contributed by atoms with Crippen LogP contribution in [0.15, 0.2) is 71.9 Å². The molecule has 3 atom stereocenters. The summed E-state index contributed by atoms with van der Waals surface area (Å²) in [6.45, 7) is 5.10. The Morgan fingerprint density at radius 1 is 1.18 bits per heavy atom. The maximum atomic E-state index is 13.7. The summed E-state index contributed by atoms with van der Waals surface area (Å²) in [6.07, 6.45) is 3.10. The highest BCUT2D eigenvalue weighted by Crippen LogP contribution is 2.36. The number of likely N-dealkylation sites (N-methyl/N-ethyl adjacent to an activating group) is 1. The summed E-state index contributed by atoms with van der Waals surface area (Å²) in [6, 6.07) is 14.1. The first-order valence-corrected chi connectivity index (χ1v) is 14.5. The molecule has 0 unspecified atom stereocenters. The molecule has 9 nitrogen and oxygen atoms in total. The molecule has 1 aromatic heterocycles. The van der Waals surface area contributed by atoms with Gasteiger partial charge < -0.3 is 14.7 Å². The number of halogens is 1. The number of amides is 1. The molecule has 208 valence electrons. The Hall–Kier alpha value is -3.18. The number of para-hydroxylation sites is 1. The quantitative estimate of drug-likeness (QED) is 0.400. The van der Waals surface area contributed by atoms with E-state index in [2.05, 4.69) is 14.6 Å². The van der Waals surface area contributed by atoms with E-state index in [-0.39, 0.29) is 40.3 Å². The number of aliphatic hydroxyl groups excluding tert-OH is 1. The van der Waals surface area contributed by atoms with Gasteiger partial charge in [0.05, 0.1) is 28.8 Å². The second kappa shape index (κ2) is 12.3. The number of carbonyl (C=O) groups excluding carboxylic acids is 1. The number of hydrogen-bond acceptors (Lipinski definition) is 7. The minimum absolute atomic E-state index is 0.0270. The van der Waals surface area contributed by atoms with Gasteiger partial charge in [-0.2, -0.15) is 0 Å². The fourth-order valence-corrected chi connectivity index (χ4v) is 5.72. The number of fused-ring (bicyclic) bond motifs is 1. The minimum Gasteiger partial charge on any atom is -0.486 e. The molecule has 2 N–H and O–H groups in total. The van der Waals surface area contributed by atoms with E-state index in [0.717, 1.165) is 5.56 Å². The predicted octanol–water partition coefficient (Wildman–Crippen LogP) is 3.89. The molecule has 0 radical (unpaired) electrons. The summed E-state index contributed by atoms with van der Waals surface area (Å²) >= 11 is 5.94. The maximum absolute atomic E-state index is 13.7. The third kappa shape index (κ3) is 6.88. The van der Waals surface area contributed by atoms with Gasteiger partial charge >= 0.3 is 0 Å². The van der Waals surface area contributed by atoms with Gasteiger partial charge in [-0.25, -0.2) is 8.42 Å². The first-order valence-electron chi connectivity index (χ1n) is 12.7.